The maximum Gasteiger partial charge on any atom is 0.239 e. The Morgan fingerprint density at radius 3 is 2.88 bits per heavy atom. The minimum atomic E-state index is -0.0233. The van der Waals surface area contributed by atoms with Crippen LogP contribution in [-0.4, -0.2) is 54.4 Å². The molecular formula is C19H26N6O. The maximum absolute atomic E-state index is 12.2. The Kier molecular flexibility index (Phi) is 5.78. The van der Waals surface area contributed by atoms with Crippen LogP contribution in [0.5, 0.6) is 0 Å². The highest BCUT2D eigenvalue weighted by Crippen LogP contribution is 2.18. The van der Waals surface area contributed by atoms with Crippen LogP contribution in [0.2, 0.25) is 0 Å². The summed E-state index contributed by atoms with van der Waals surface area (Å²) in [6, 6.07) is 11.7. The van der Waals surface area contributed by atoms with Gasteiger partial charge in [-0.15, -0.1) is 0 Å². The van der Waals surface area contributed by atoms with E-state index >= 15 is 0 Å². The standard InChI is InChI=1S/C19H26N6O/c1-21-19-16(9-10-22-19)18(20)25-11-5-8-15(13-25)24-17(26)12-23-14-6-3-2-4-7-14/h2-4,6-7,9-10,15,20-23H,5,8,11-13H2,1H3,(H,24,26). The molecule has 1 aliphatic rings. The molecule has 1 amide bonds. The number of para-hydroxylation sites is 1. The van der Waals surface area contributed by atoms with Gasteiger partial charge in [0.05, 0.1) is 12.1 Å². The summed E-state index contributed by atoms with van der Waals surface area (Å²) in [6.45, 7) is 1.74. The van der Waals surface area contributed by atoms with Crippen LogP contribution in [0.3, 0.4) is 0 Å². The van der Waals surface area contributed by atoms with Gasteiger partial charge in [0.1, 0.15) is 11.7 Å². The van der Waals surface area contributed by atoms with Crippen LogP contribution in [0.1, 0.15) is 18.4 Å². The summed E-state index contributed by atoms with van der Waals surface area (Å²) in [6.07, 6.45) is 3.72. The molecule has 7 nitrogen and oxygen atoms in total. The van der Waals surface area contributed by atoms with Crippen molar-refractivity contribution < 1.29 is 4.79 Å². The van der Waals surface area contributed by atoms with Crippen LogP contribution in [-0.2, 0) is 4.79 Å². The van der Waals surface area contributed by atoms with Gasteiger partial charge in [-0.25, -0.2) is 0 Å². The second-order valence-corrected chi connectivity index (χ2v) is 6.44. The maximum atomic E-state index is 12.2. The second kappa shape index (κ2) is 8.42. The minimum Gasteiger partial charge on any atom is -0.376 e. The summed E-state index contributed by atoms with van der Waals surface area (Å²) in [5.74, 6) is 1.30. The van der Waals surface area contributed by atoms with E-state index in [2.05, 4.69) is 20.9 Å². The zero-order valence-electron chi connectivity index (χ0n) is 15.0. The lowest BCUT2D eigenvalue weighted by atomic mass is 10.0. The molecule has 1 aromatic heterocycles. The highest BCUT2D eigenvalue weighted by Gasteiger charge is 2.24. The third-order valence-corrected chi connectivity index (χ3v) is 4.58. The lowest BCUT2D eigenvalue weighted by Crippen LogP contribution is -2.50. The molecule has 0 radical (unpaired) electrons. The minimum absolute atomic E-state index is 0.0233. The van der Waals surface area contributed by atoms with E-state index in [0.717, 1.165) is 36.5 Å². The number of nitrogens with zero attached hydrogens (tertiary/aromatic N) is 1. The van der Waals surface area contributed by atoms with Crippen LogP contribution < -0.4 is 16.0 Å². The number of carbonyl (C=O) groups is 1. The van der Waals surface area contributed by atoms with Gasteiger partial charge in [0.2, 0.25) is 5.91 Å². The fourth-order valence-corrected chi connectivity index (χ4v) is 3.26. The van der Waals surface area contributed by atoms with E-state index in [0.29, 0.717) is 12.4 Å². The number of anilines is 2. The first-order valence-electron chi connectivity index (χ1n) is 8.94. The monoisotopic (exact) mass is 354 g/mol. The topological polar surface area (TPSA) is 96.0 Å². The van der Waals surface area contributed by atoms with E-state index in [1.54, 1.807) is 0 Å². The Morgan fingerprint density at radius 2 is 2.12 bits per heavy atom. The number of benzene rings is 1. The number of carbonyl (C=O) groups excluding carboxylic acids is 1. The normalized spacial score (nSPS) is 16.8. The molecule has 26 heavy (non-hydrogen) atoms. The fraction of sp³-hybridized carbons (Fsp3) is 0.368. The number of H-pyrrole nitrogens is 1. The molecule has 2 heterocycles. The number of amidine groups is 1. The molecular weight excluding hydrogens is 328 g/mol. The predicted octanol–water partition coefficient (Wildman–Crippen LogP) is 2.07. The molecule has 1 aromatic carbocycles. The summed E-state index contributed by atoms with van der Waals surface area (Å²) in [7, 11) is 1.83. The van der Waals surface area contributed by atoms with Crippen molar-refractivity contribution in [2.24, 2.45) is 0 Å². The third kappa shape index (κ3) is 4.36. The van der Waals surface area contributed by atoms with Crippen molar-refractivity contribution in [2.75, 3.05) is 37.3 Å². The molecule has 1 fully saturated rings. The Labute approximate surface area is 153 Å². The van der Waals surface area contributed by atoms with E-state index in [9.17, 15) is 4.79 Å². The number of likely N-dealkylation sites (tertiary alicyclic amines) is 1. The Hall–Kier alpha value is -2.96. The summed E-state index contributed by atoms with van der Waals surface area (Å²) in [5.41, 5.74) is 1.78. The van der Waals surface area contributed by atoms with Crippen LogP contribution in [0.25, 0.3) is 0 Å². The molecule has 138 valence electrons. The first-order valence-corrected chi connectivity index (χ1v) is 8.94. The van der Waals surface area contributed by atoms with Crippen molar-refractivity contribution in [1.82, 2.24) is 15.2 Å². The van der Waals surface area contributed by atoms with Gasteiger partial charge in [0, 0.05) is 38.1 Å². The fourth-order valence-electron chi connectivity index (χ4n) is 3.26. The molecule has 0 saturated carbocycles. The van der Waals surface area contributed by atoms with Crippen LogP contribution >= 0.6 is 0 Å². The molecule has 0 spiro atoms. The van der Waals surface area contributed by atoms with Crippen molar-refractivity contribution >= 4 is 23.2 Å². The van der Waals surface area contributed by atoms with E-state index in [-0.39, 0.29) is 18.5 Å². The van der Waals surface area contributed by atoms with E-state index in [1.165, 1.54) is 0 Å². The molecule has 1 unspecified atom stereocenters. The van der Waals surface area contributed by atoms with Crippen LogP contribution in [0.4, 0.5) is 11.5 Å². The molecule has 0 aliphatic carbocycles. The van der Waals surface area contributed by atoms with Gasteiger partial charge in [0.25, 0.3) is 0 Å². The highest BCUT2D eigenvalue weighted by molar-refractivity contribution is 6.01. The van der Waals surface area contributed by atoms with Gasteiger partial charge in [-0.3, -0.25) is 10.2 Å². The number of aromatic nitrogens is 1. The van der Waals surface area contributed by atoms with Crippen LogP contribution in [0.15, 0.2) is 42.6 Å². The first-order chi connectivity index (χ1) is 12.7. The Morgan fingerprint density at radius 1 is 1.31 bits per heavy atom. The molecule has 1 atom stereocenters. The number of hydrogen-bond donors (Lipinski definition) is 5. The predicted molar refractivity (Wildman–Crippen MR) is 105 cm³/mol. The number of aromatic amines is 1. The zero-order valence-corrected chi connectivity index (χ0v) is 15.0. The second-order valence-electron chi connectivity index (χ2n) is 6.44. The molecule has 2 aromatic rings. The Balaban J connectivity index is 1.51. The summed E-state index contributed by atoms with van der Waals surface area (Å²) in [4.78, 5) is 17.4. The molecule has 3 rings (SSSR count). The molecule has 1 aliphatic heterocycles. The number of hydrogen-bond acceptors (Lipinski definition) is 4. The highest BCUT2D eigenvalue weighted by atomic mass is 16.2. The number of rotatable bonds is 6. The summed E-state index contributed by atoms with van der Waals surface area (Å²) in [5, 5.41) is 17.8. The van der Waals surface area contributed by atoms with Gasteiger partial charge in [0.15, 0.2) is 0 Å². The van der Waals surface area contributed by atoms with E-state index in [1.807, 2.05) is 54.5 Å². The SMILES string of the molecule is CNc1[nH]ccc1C(=N)N1CCCC(NC(=O)CNc2ccccc2)C1. The van der Waals surface area contributed by atoms with Gasteiger partial charge in [-0.05, 0) is 31.0 Å². The van der Waals surface area contributed by atoms with Gasteiger partial charge in [-0.1, -0.05) is 18.2 Å². The summed E-state index contributed by atoms with van der Waals surface area (Å²) < 4.78 is 0. The zero-order chi connectivity index (χ0) is 18.4. The van der Waals surface area contributed by atoms with E-state index in [4.69, 9.17) is 5.41 Å². The van der Waals surface area contributed by atoms with Gasteiger partial charge < -0.3 is 25.8 Å². The Bertz CT molecular complexity index is 741. The van der Waals surface area contributed by atoms with Crippen molar-refractivity contribution in [3.05, 3.63) is 48.2 Å². The molecule has 7 heteroatoms. The van der Waals surface area contributed by atoms with Gasteiger partial charge >= 0.3 is 0 Å². The lowest BCUT2D eigenvalue weighted by Gasteiger charge is -2.34. The first kappa shape index (κ1) is 17.8. The van der Waals surface area contributed by atoms with Crippen molar-refractivity contribution in [3.63, 3.8) is 0 Å². The number of amides is 1. The van der Waals surface area contributed by atoms with Gasteiger partial charge in [-0.2, -0.15) is 0 Å². The lowest BCUT2D eigenvalue weighted by molar-refractivity contribution is -0.120. The average Bonchev–Trinajstić information content (AvgIpc) is 3.15. The van der Waals surface area contributed by atoms with Crippen molar-refractivity contribution in [3.8, 4) is 0 Å². The quantitative estimate of drug-likeness (QED) is 0.405. The molecule has 5 N–H and O–H groups in total. The largest absolute Gasteiger partial charge is 0.376 e. The molecule has 1 saturated heterocycles. The number of nitrogens with one attached hydrogen (secondary N) is 5. The van der Waals surface area contributed by atoms with Crippen LogP contribution in [0, 0.1) is 5.41 Å². The third-order valence-electron chi connectivity index (χ3n) is 4.58. The van der Waals surface area contributed by atoms with E-state index < -0.39 is 0 Å². The summed E-state index contributed by atoms with van der Waals surface area (Å²) >= 11 is 0. The van der Waals surface area contributed by atoms with Crippen molar-refractivity contribution in [2.45, 2.75) is 18.9 Å². The smallest absolute Gasteiger partial charge is 0.239 e. The average molecular weight is 354 g/mol. The molecule has 0 bridgehead atoms. The van der Waals surface area contributed by atoms with Crippen molar-refractivity contribution in [1.29, 1.82) is 5.41 Å². The number of piperidine rings is 1.